The molecule has 1 aliphatic rings. The summed E-state index contributed by atoms with van der Waals surface area (Å²) in [4.78, 5) is 11.8. The lowest BCUT2D eigenvalue weighted by atomic mass is 9.93. The van der Waals surface area contributed by atoms with Gasteiger partial charge in [0.25, 0.3) is 5.56 Å². The van der Waals surface area contributed by atoms with Gasteiger partial charge in [-0.2, -0.15) is 0 Å². The molecule has 90 valence electrons. The molecule has 2 rings (SSSR count). The number of hydrogen-bond acceptors (Lipinski definition) is 2. The molecular formula is C12H21N3O. The van der Waals surface area contributed by atoms with Crippen LogP contribution in [0.1, 0.15) is 39.3 Å². The molecule has 0 aliphatic carbocycles. The van der Waals surface area contributed by atoms with E-state index in [2.05, 4.69) is 31.2 Å². The summed E-state index contributed by atoms with van der Waals surface area (Å²) >= 11 is 0. The predicted octanol–water partition coefficient (Wildman–Crippen LogP) is 1.23. The lowest BCUT2D eigenvalue weighted by molar-refractivity contribution is 0.454. The molecule has 0 amide bonds. The van der Waals surface area contributed by atoms with Crippen LogP contribution < -0.4 is 10.9 Å². The number of hydrogen-bond donors (Lipinski definition) is 2. The molecule has 4 heteroatoms. The van der Waals surface area contributed by atoms with Crippen LogP contribution in [0.25, 0.3) is 0 Å². The predicted molar refractivity (Wildman–Crippen MR) is 64.8 cm³/mol. The molecule has 1 aliphatic heterocycles. The van der Waals surface area contributed by atoms with Crippen molar-refractivity contribution in [1.29, 1.82) is 0 Å². The van der Waals surface area contributed by atoms with Gasteiger partial charge in [0.15, 0.2) is 0 Å². The van der Waals surface area contributed by atoms with E-state index in [1.54, 1.807) is 10.7 Å². The molecule has 0 bridgehead atoms. The fourth-order valence-electron chi connectivity index (χ4n) is 2.09. The van der Waals surface area contributed by atoms with E-state index in [4.69, 9.17) is 0 Å². The van der Waals surface area contributed by atoms with E-state index in [0.717, 1.165) is 25.2 Å². The molecule has 0 aromatic carbocycles. The van der Waals surface area contributed by atoms with Crippen LogP contribution in [0.2, 0.25) is 0 Å². The van der Waals surface area contributed by atoms with Crippen molar-refractivity contribution < 1.29 is 0 Å². The van der Waals surface area contributed by atoms with Gasteiger partial charge >= 0.3 is 0 Å². The van der Waals surface area contributed by atoms with E-state index < -0.39 is 0 Å². The van der Waals surface area contributed by atoms with Gasteiger partial charge in [-0.3, -0.25) is 14.6 Å². The van der Waals surface area contributed by atoms with E-state index in [1.807, 2.05) is 0 Å². The van der Waals surface area contributed by atoms with Gasteiger partial charge in [-0.25, -0.2) is 0 Å². The molecule has 0 radical (unpaired) electrons. The van der Waals surface area contributed by atoms with Gasteiger partial charge in [0.2, 0.25) is 0 Å². The number of nitrogens with one attached hydrogen (secondary N) is 2. The van der Waals surface area contributed by atoms with Crippen LogP contribution in [-0.4, -0.2) is 22.4 Å². The summed E-state index contributed by atoms with van der Waals surface area (Å²) in [5, 5.41) is 6.61. The number of H-pyrrole nitrogens is 1. The molecule has 0 saturated carbocycles. The van der Waals surface area contributed by atoms with Crippen LogP contribution in [0.5, 0.6) is 0 Å². The SMILES string of the molecule is CC(C)(C)c1cc(=O)n(C[C@@H]2CCCN2)[nH]1. The Labute approximate surface area is 96.0 Å². The zero-order valence-corrected chi connectivity index (χ0v) is 10.3. The van der Waals surface area contributed by atoms with Crippen molar-refractivity contribution >= 4 is 0 Å². The molecule has 1 aromatic heterocycles. The summed E-state index contributed by atoms with van der Waals surface area (Å²) in [6.45, 7) is 8.16. The molecule has 1 fully saturated rings. The molecule has 0 unspecified atom stereocenters. The standard InChI is InChI=1S/C12H21N3O/c1-12(2,3)10-7-11(16)15(14-10)8-9-5-4-6-13-9/h7,9,13-14H,4-6,8H2,1-3H3/t9-/m0/s1. The highest BCUT2D eigenvalue weighted by atomic mass is 16.1. The van der Waals surface area contributed by atoms with E-state index in [-0.39, 0.29) is 11.0 Å². The highest BCUT2D eigenvalue weighted by Crippen LogP contribution is 2.18. The number of nitrogens with zero attached hydrogens (tertiary/aromatic N) is 1. The fraction of sp³-hybridized carbons (Fsp3) is 0.750. The van der Waals surface area contributed by atoms with Crippen molar-refractivity contribution in [2.24, 2.45) is 0 Å². The minimum Gasteiger partial charge on any atom is -0.312 e. The quantitative estimate of drug-likeness (QED) is 0.792. The van der Waals surface area contributed by atoms with Crippen LogP contribution in [-0.2, 0) is 12.0 Å². The van der Waals surface area contributed by atoms with Gasteiger partial charge in [0.05, 0.1) is 6.54 Å². The smallest absolute Gasteiger partial charge is 0.266 e. The Balaban J connectivity index is 2.15. The maximum Gasteiger partial charge on any atom is 0.266 e. The lowest BCUT2D eigenvalue weighted by Crippen LogP contribution is -2.31. The summed E-state index contributed by atoms with van der Waals surface area (Å²) in [6, 6.07) is 2.17. The molecular weight excluding hydrogens is 202 g/mol. The van der Waals surface area contributed by atoms with Gasteiger partial charge in [-0.1, -0.05) is 20.8 Å². The van der Waals surface area contributed by atoms with E-state index in [0.29, 0.717) is 6.04 Å². The summed E-state index contributed by atoms with van der Waals surface area (Å²) in [5.74, 6) is 0. The first-order chi connectivity index (χ1) is 7.47. The average Bonchev–Trinajstić information content (AvgIpc) is 2.76. The maximum absolute atomic E-state index is 11.8. The Bertz CT molecular complexity index is 405. The topological polar surface area (TPSA) is 49.8 Å². The van der Waals surface area contributed by atoms with Crippen LogP contribution in [0.15, 0.2) is 10.9 Å². The van der Waals surface area contributed by atoms with Crippen molar-refractivity contribution in [1.82, 2.24) is 15.1 Å². The first kappa shape index (κ1) is 11.5. The summed E-state index contributed by atoms with van der Waals surface area (Å²) in [7, 11) is 0. The zero-order valence-electron chi connectivity index (χ0n) is 10.3. The second-order valence-electron chi connectivity index (χ2n) is 5.66. The number of rotatable bonds is 2. The Morgan fingerprint density at radius 3 is 2.75 bits per heavy atom. The van der Waals surface area contributed by atoms with Crippen LogP contribution in [0.3, 0.4) is 0 Å². The molecule has 2 N–H and O–H groups in total. The largest absolute Gasteiger partial charge is 0.312 e. The Kier molecular flexibility index (Phi) is 2.93. The summed E-state index contributed by atoms with van der Waals surface area (Å²) in [5.41, 5.74) is 1.10. The number of aromatic amines is 1. The third-order valence-electron chi connectivity index (χ3n) is 3.16. The molecule has 1 aromatic rings. The van der Waals surface area contributed by atoms with Crippen molar-refractivity contribution in [3.8, 4) is 0 Å². The summed E-state index contributed by atoms with van der Waals surface area (Å²) < 4.78 is 1.73. The van der Waals surface area contributed by atoms with E-state index in [1.165, 1.54) is 6.42 Å². The van der Waals surface area contributed by atoms with Crippen molar-refractivity contribution in [2.75, 3.05) is 6.54 Å². The molecule has 1 atom stereocenters. The fourth-order valence-corrected chi connectivity index (χ4v) is 2.09. The Morgan fingerprint density at radius 1 is 1.50 bits per heavy atom. The first-order valence-corrected chi connectivity index (χ1v) is 6.00. The van der Waals surface area contributed by atoms with Crippen molar-refractivity contribution in [3.63, 3.8) is 0 Å². The van der Waals surface area contributed by atoms with Gasteiger partial charge in [-0.05, 0) is 19.4 Å². The van der Waals surface area contributed by atoms with Gasteiger partial charge < -0.3 is 5.32 Å². The Morgan fingerprint density at radius 2 is 2.25 bits per heavy atom. The van der Waals surface area contributed by atoms with Gasteiger partial charge in [0.1, 0.15) is 0 Å². The van der Waals surface area contributed by atoms with E-state index in [9.17, 15) is 4.79 Å². The molecule has 2 heterocycles. The van der Waals surface area contributed by atoms with Gasteiger partial charge in [-0.15, -0.1) is 0 Å². The summed E-state index contributed by atoms with van der Waals surface area (Å²) in [6.07, 6.45) is 2.38. The highest BCUT2D eigenvalue weighted by Gasteiger charge is 2.20. The van der Waals surface area contributed by atoms with Crippen LogP contribution >= 0.6 is 0 Å². The lowest BCUT2D eigenvalue weighted by Gasteiger charge is -2.16. The second-order valence-corrected chi connectivity index (χ2v) is 5.66. The second kappa shape index (κ2) is 4.09. The molecule has 0 spiro atoms. The monoisotopic (exact) mass is 223 g/mol. The average molecular weight is 223 g/mol. The minimum absolute atomic E-state index is 0.00745. The molecule has 16 heavy (non-hydrogen) atoms. The number of aromatic nitrogens is 2. The third kappa shape index (κ3) is 2.38. The molecule has 4 nitrogen and oxygen atoms in total. The minimum atomic E-state index is 0.00745. The first-order valence-electron chi connectivity index (χ1n) is 6.00. The van der Waals surface area contributed by atoms with E-state index >= 15 is 0 Å². The van der Waals surface area contributed by atoms with Gasteiger partial charge in [0, 0.05) is 23.2 Å². The third-order valence-corrected chi connectivity index (χ3v) is 3.16. The van der Waals surface area contributed by atoms with Crippen LogP contribution in [0.4, 0.5) is 0 Å². The molecule has 1 saturated heterocycles. The maximum atomic E-state index is 11.8. The highest BCUT2D eigenvalue weighted by molar-refractivity contribution is 5.10. The normalized spacial score (nSPS) is 21.6. The van der Waals surface area contributed by atoms with Crippen LogP contribution in [0, 0.1) is 0 Å². The Hall–Kier alpha value is -1.03. The zero-order chi connectivity index (χ0) is 11.8. The van der Waals surface area contributed by atoms with Crippen molar-refractivity contribution in [2.45, 2.75) is 51.6 Å². The van der Waals surface area contributed by atoms with Crippen molar-refractivity contribution in [3.05, 3.63) is 22.1 Å².